The highest BCUT2D eigenvalue weighted by molar-refractivity contribution is 7.18. The number of rotatable bonds is 6. The van der Waals surface area contributed by atoms with Gasteiger partial charge >= 0.3 is 11.9 Å². The van der Waals surface area contributed by atoms with Gasteiger partial charge in [0.1, 0.15) is 5.52 Å². The highest BCUT2D eigenvalue weighted by Gasteiger charge is 2.24. The van der Waals surface area contributed by atoms with Crippen LogP contribution in [-0.4, -0.2) is 53.4 Å². The first-order valence-electron chi connectivity index (χ1n) is 7.70. The number of benzene rings is 1. The van der Waals surface area contributed by atoms with Crippen LogP contribution in [0.15, 0.2) is 18.2 Å². The Morgan fingerprint density at radius 3 is 2.71 bits per heavy atom. The topological polar surface area (TPSA) is 100.0 Å². The summed E-state index contributed by atoms with van der Waals surface area (Å²) in [5.41, 5.74) is 1.86. The molecule has 2 aromatic rings. The molecule has 0 bridgehead atoms. The van der Waals surface area contributed by atoms with E-state index < -0.39 is 24.3 Å². The van der Waals surface area contributed by atoms with Gasteiger partial charge in [0.2, 0.25) is 0 Å². The average Bonchev–Trinajstić information content (AvgIpc) is 2.97. The van der Waals surface area contributed by atoms with Crippen LogP contribution in [0.25, 0.3) is 10.2 Å². The van der Waals surface area contributed by atoms with Crippen LogP contribution in [0.3, 0.4) is 0 Å². The van der Waals surface area contributed by atoms with Gasteiger partial charge in [0.05, 0.1) is 40.9 Å². The molecule has 0 saturated carbocycles. The van der Waals surface area contributed by atoms with E-state index in [1.165, 1.54) is 11.3 Å². The van der Waals surface area contributed by atoms with Gasteiger partial charge in [-0.1, -0.05) is 6.07 Å². The van der Waals surface area contributed by atoms with Gasteiger partial charge in [0, 0.05) is 19.5 Å². The van der Waals surface area contributed by atoms with Crippen molar-refractivity contribution in [1.29, 1.82) is 0 Å². The molecule has 0 aliphatic carbocycles. The van der Waals surface area contributed by atoms with Crippen molar-refractivity contribution in [3.8, 4) is 0 Å². The van der Waals surface area contributed by atoms with Gasteiger partial charge in [0.15, 0.2) is 0 Å². The lowest BCUT2D eigenvalue weighted by Crippen LogP contribution is -2.36. The Morgan fingerprint density at radius 1 is 1.29 bits per heavy atom. The zero-order chi connectivity index (χ0) is 17.1. The summed E-state index contributed by atoms with van der Waals surface area (Å²) >= 11 is 1.42. The number of aromatic nitrogens is 1. The summed E-state index contributed by atoms with van der Waals surface area (Å²) in [5, 5.41) is 18.7. The van der Waals surface area contributed by atoms with Crippen molar-refractivity contribution < 1.29 is 24.5 Å². The van der Waals surface area contributed by atoms with Crippen LogP contribution in [0, 0.1) is 5.92 Å². The van der Waals surface area contributed by atoms with Crippen LogP contribution in [0.2, 0.25) is 0 Å². The van der Waals surface area contributed by atoms with Gasteiger partial charge in [-0.3, -0.25) is 9.59 Å². The Labute approximate surface area is 142 Å². The van der Waals surface area contributed by atoms with E-state index >= 15 is 0 Å². The molecule has 1 aliphatic rings. The summed E-state index contributed by atoms with van der Waals surface area (Å²) in [6.07, 6.45) is -0.273. The summed E-state index contributed by atoms with van der Waals surface area (Å²) in [4.78, 5) is 28.9. The van der Waals surface area contributed by atoms with E-state index in [1.807, 2.05) is 18.2 Å². The molecule has 128 valence electrons. The molecule has 24 heavy (non-hydrogen) atoms. The number of aliphatic carboxylic acids is 2. The Morgan fingerprint density at radius 2 is 2.04 bits per heavy atom. The van der Waals surface area contributed by atoms with Crippen LogP contribution < -0.4 is 4.90 Å². The number of carbonyl (C=O) groups is 2. The third kappa shape index (κ3) is 3.65. The third-order valence-corrected chi connectivity index (χ3v) is 5.03. The highest BCUT2D eigenvalue weighted by atomic mass is 32.1. The minimum atomic E-state index is -1.11. The highest BCUT2D eigenvalue weighted by Crippen LogP contribution is 2.32. The third-order valence-electron chi connectivity index (χ3n) is 3.99. The van der Waals surface area contributed by atoms with E-state index in [4.69, 9.17) is 9.84 Å². The van der Waals surface area contributed by atoms with E-state index in [2.05, 4.69) is 9.88 Å². The molecule has 1 aliphatic heterocycles. The lowest BCUT2D eigenvalue weighted by atomic mass is 10.0. The Balaban J connectivity index is 1.87. The summed E-state index contributed by atoms with van der Waals surface area (Å²) in [7, 11) is 0. The first kappa shape index (κ1) is 16.7. The lowest BCUT2D eigenvalue weighted by molar-refractivity contribution is -0.148. The number of anilines is 1. The average molecular weight is 350 g/mol. The predicted octanol–water partition coefficient (Wildman–Crippen LogP) is 1.85. The summed E-state index contributed by atoms with van der Waals surface area (Å²) < 4.78 is 6.35. The molecule has 0 amide bonds. The second kappa shape index (κ2) is 7.14. The van der Waals surface area contributed by atoms with Crippen LogP contribution in [0.5, 0.6) is 0 Å². The Kier molecular flexibility index (Phi) is 4.96. The number of para-hydroxylation sites is 1. The minimum absolute atomic E-state index is 0.129. The van der Waals surface area contributed by atoms with Gasteiger partial charge in [-0.15, -0.1) is 11.3 Å². The van der Waals surface area contributed by atoms with Gasteiger partial charge in [-0.05, 0) is 12.1 Å². The molecular weight excluding hydrogens is 332 g/mol. The molecule has 1 fully saturated rings. The molecule has 7 nitrogen and oxygen atoms in total. The maximum absolute atomic E-state index is 11.3. The normalized spacial score (nSPS) is 16.2. The fourth-order valence-corrected chi connectivity index (χ4v) is 3.86. The molecule has 1 atom stereocenters. The van der Waals surface area contributed by atoms with Crippen LogP contribution >= 0.6 is 11.3 Å². The van der Waals surface area contributed by atoms with E-state index in [0.717, 1.165) is 29.0 Å². The zero-order valence-corrected chi connectivity index (χ0v) is 13.8. The molecule has 3 rings (SSSR count). The van der Waals surface area contributed by atoms with E-state index in [1.54, 1.807) is 0 Å². The second-order valence-electron chi connectivity index (χ2n) is 5.67. The van der Waals surface area contributed by atoms with Crippen molar-refractivity contribution in [3.63, 3.8) is 0 Å². The number of hydrogen-bond acceptors (Lipinski definition) is 6. The van der Waals surface area contributed by atoms with Crippen molar-refractivity contribution in [2.45, 2.75) is 12.8 Å². The van der Waals surface area contributed by atoms with E-state index in [-0.39, 0.29) is 6.42 Å². The summed E-state index contributed by atoms with van der Waals surface area (Å²) in [5.74, 6) is -3.18. The number of carboxylic acid groups (broad SMARTS) is 2. The lowest BCUT2D eigenvalue weighted by Gasteiger charge is -2.28. The van der Waals surface area contributed by atoms with Gasteiger partial charge in [-0.2, -0.15) is 0 Å². The smallest absolute Gasteiger partial charge is 0.307 e. The second-order valence-corrected chi connectivity index (χ2v) is 6.78. The van der Waals surface area contributed by atoms with Crippen molar-refractivity contribution in [2.24, 2.45) is 5.92 Å². The van der Waals surface area contributed by atoms with Gasteiger partial charge < -0.3 is 19.8 Å². The molecule has 0 spiro atoms. The first-order chi connectivity index (χ1) is 11.5. The molecule has 1 unspecified atom stereocenters. The van der Waals surface area contributed by atoms with Crippen LogP contribution in [0.1, 0.15) is 11.4 Å². The summed E-state index contributed by atoms with van der Waals surface area (Å²) in [6.45, 7) is 2.94. The van der Waals surface area contributed by atoms with Crippen molar-refractivity contribution in [2.75, 3.05) is 31.2 Å². The maximum atomic E-state index is 11.3. The molecule has 1 aromatic carbocycles. The Hall–Kier alpha value is -2.19. The molecule has 0 radical (unpaired) electrons. The minimum Gasteiger partial charge on any atom is -0.481 e. The van der Waals surface area contributed by atoms with Crippen molar-refractivity contribution in [1.82, 2.24) is 4.98 Å². The van der Waals surface area contributed by atoms with Crippen molar-refractivity contribution in [3.05, 3.63) is 23.2 Å². The quantitative estimate of drug-likeness (QED) is 0.820. The monoisotopic (exact) mass is 350 g/mol. The fourth-order valence-electron chi connectivity index (χ4n) is 2.80. The number of morpholine rings is 1. The molecular formula is C16H18N2O5S. The number of ether oxygens (including phenoxy) is 1. The van der Waals surface area contributed by atoms with Crippen molar-refractivity contribution >= 4 is 39.2 Å². The summed E-state index contributed by atoms with van der Waals surface area (Å²) in [6, 6.07) is 5.91. The zero-order valence-electron chi connectivity index (χ0n) is 13.0. The fraction of sp³-hybridized carbons (Fsp3) is 0.438. The van der Waals surface area contributed by atoms with Gasteiger partial charge in [-0.25, -0.2) is 4.98 Å². The number of fused-ring (bicyclic) bond motifs is 1. The van der Waals surface area contributed by atoms with Crippen LogP contribution in [0.4, 0.5) is 5.69 Å². The largest absolute Gasteiger partial charge is 0.481 e. The molecule has 1 aromatic heterocycles. The number of hydrogen-bond donors (Lipinski definition) is 2. The molecule has 2 N–H and O–H groups in total. The van der Waals surface area contributed by atoms with E-state index in [9.17, 15) is 14.7 Å². The Bertz CT molecular complexity index is 754. The van der Waals surface area contributed by atoms with Crippen LogP contribution in [-0.2, 0) is 20.7 Å². The number of thiazole rings is 1. The van der Waals surface area contributed by atoms with E-state index in [0.29, 0.717) is 18.2 Å². The maximum Gasteiger partial charge on any atom is 0.307 e. The first-order valence-corrected chi connectivity index (χ1v) is 8.52. The molecule has 2 heterocycles. The molecule has 8 heteroatoms. The standard InChI is InChI=1S/C16H18N2O5S/c19-14(20)9-10(16(21)22)8-13-17-15-11(2-1-3-12(15)24-13)18-4-6-23-7-5-18/h1-3,10H,4-9H2,(H,19,20)(H,21,22). The number of nitrogens with zero attached hydrogens (tertiary/aromatic N) is 2. The molecule has 1 saturated heterocycles. The number of carboxylic acids is 2. The predicted molar refractivity (Wildman–Crippen MR) is 89.7 cm³/mol. The van der Waals surface area contributed by atoms with Gasteiger partial charge in [0.25, 0.3) is 0 Å². The SMILES string of the molecule is O=C(O)CC(Cc1nc2c(N3CCOCC3)cccc2s1)C(=O)O.